The van der Waals surface area contributed by atoms with Crippen molar-refractivity contribution in [2.75, 3.05) is 19.7 Å². The molecule has 0 atom stereocenters. The van der Waals surface area contributed by atoms with Crippen LogP contribution in [-0.2, 0) is 4.74 Å². The molecule has 0 aromatic rings. The molecule has 1 heterocycles. The van der Waals surface area contributed by atoms with E-state index in [0.717, 1.165) is 25.6 Å². The lowest BCUT2D eigenvalue weighted by Crippen LogP contribution is -2.55. The zero-order chi connectivity index (χ0) is 9.84. The Kier molecular flexibility index (Phi) is 4.20. The molecule has 1 aliphatic heterocycles. The number of ether oxygens (including phenoxy) is 1. The van der Waals surface area contributed by atoms with Crippen LogP contribution in [0.4, 0.5) is 0 Å². The molecule has 1 aliphatic rings. The monoisotopic (exact) mass is 185 g/mol. The Morgan fingerprint density at radius 2 is 1.85 bits per heavy atom. The van der Waals surface area contributed by atoms with E-state index >= 15 is 0 Å². The molecular weight excluding hydrogens is 162 g/mol. The van der Waals surface area contributed by atoms with Crippen LogP contribution in [0.15, 0.2) is 0 Å². The van der Waals surface area contributed by atoms with Gasteiger partial charge in [0.15, 0.2) is 0 Å². The highest BCUT2D eigenvalue weighted by Crippen LogP contribution is 2.15. The first-order chi connectivity index (χ1) is 6.09. The van der Waals surface area contributed by atoms with E-state index in [1.54, 1.807) is 0 Å². The van der Waals surface area contributed by atoms with Crippen LogP contribution < -0.4 is 0 Å². The van der Waals surface area contributed by atoms with Crippen LogP contribution in [0.25, 0.3) is 0 Å². The molecule has 78 valence electrons. The fourth-order valence-corrected chi connectivity index (χ4v) is 1.47. The Bertz CT molecular complexity index is 139. The molecule has 0 bridgehead atoms. The van der Waals surface area contributed by atoms with E-state index in [2.05, 4.69) is 32.6 Å². The molecular formula is C11H23NO. The Balaban J connectivity index is 1.96. The van der Waals surface area contributed by atoms with Crippen LogP contribution in [0.1, 0.15) is 34.1 Å². The molecule has 0 amide bonds. The van der Waals surface area contributed by atoms with Crippen LogP contribution in [0.2, 0.25) is 0 Å². The molecule has 1 saturated heterocycles. The average Bonchev–Trinajstić information content (AvgIpc) is 1.92. The third-order valence-electron chi connectivity index (χ3n) is 2.66. The molecule has 0 aromatic heterocycles. The van der Waals surface area contributed by atoms with Gasteiger partial charge in [-0.3, -0.25) is 4.90 Å². The quantitative estimate of drug-likeness (QED) is 0.650. The van der Waals surface area contributed by atoms with Crippen LogP contribution in [0.3, 0.4) is 0 Å². The van der Waals surface area contributed by atoms with Gasteiger partial charge < -0.3 is 4.74 Å². The maximum Gasteiger partial charge on any atom is 0.0828 e. The predicted octanol–water partition coefficient (Wildman–Crippen LogP) is 2.14. The second-order valence-corrected chi connectivity index (χ2v) is 4.72. The van der Waals surface area contributed by atoms with E-state index in [0.29, 0.717) is 12.1 Å². The summed E-state index contributed by atoms with van der Waals surface area (Å²) in [5, 5.41) is 0. The van der Waals surface area contributed by atoms with Gasteiger partial charge in [0, 0.05) is 25.7 Å². The molecule has 2 nitrogen and oxygen atoms in total. The summed E-state index contributed by atoms with van der Waals surface area (Å²) < 4.78 is 5.73. The minimum Gasteiger partial charge on any atom is -0.376 e. The fraction of sp³-hybridized carbons (Fsp3) is 1.00. The first-order valence-corrected chi connectivity index (χ1v) is 5.45. The predicted molar refractivity (Wildman–Crippen MR) is 55.9 cm³/mol. The van der Waals surface area contributed by atoms with Crippen molar-refractivity contribution in [3.05, 3.63) is 0 Å². The van der Waals surface area contributed by atoms with Gasteiger partial charge in [0.2, 0.25) is 0 Å². The molecule has 1 fully saturated rings. The normalized spacial score (nSPS) is 19.8. The van der Waals surface area contributed by atoms with Gasteiger partial charge in [0.05, 0.1) is 6.10 Å². The Morgan fingerprint density at radius 1 is 1.23 bits per heavy atom. The smallest absolute Gasteiger partial charge is 0.0828 e. The SMILES string of the molecule is CC(C)CCOC1CN(C(C)C)C1. The lowest BCUT2D eigenvalue weighted by atomic mass is 10.1. The summed E-state index contributed by atoms with van der Waals surface area (Å²) in [4.78, 5) is 2.44. The second-order valence-electron chi connectivity index (χ2n) is 4.72. The van der Waals surface area contributed by atoms with E-state index in [9.17, 15) is 0 Å². The van der Waals surface area contributed by atoms with Gasteiger partial charge in [-0.25, -0.2) is 0 Å². The van der Waals surface area contributed by atoms with Gasteiger partial charge in [-0.15, -0.1) is 0 Å². The highest BCUT2D eigenvalue weighted by molar-refractivity contribution is 4.82. The van der Waals surface area contributed by atoms with E-state index in [1.165, 1.54) is 6.42 Å². The molecule has 0 aromatic carbocycles. The minimum atomic E-state index is 0.515. The summed E-state index contributed by atoms with van der Waals surface area (Å²) in [6, 6.07) is 0.685. The zero-order valence-corrected chi connectivity index (χ0v) is 9.42. The van der Waals surface area contributed by atoms with Gasteiger partial charge in [-0.1, -0.05) is 13.8 Å². The van der Waals surface area contributed by atoms with Crippen molar-refractivity contribution in [2.45, 2.75) is 46.3 Å². The van der Waals surface area contributed by atoms with Crippen molar-refractivity contribution in [1.82, 2.24) is 4.90 Å². The van der Waals surface area contributed by atoms with Crippen LogP contribution in [0, 0.1) is 5.92 Å². The summed E-state index contributed by atoms with van der Waals surface area (Å²) in [5.41, 5.74) is 0. The number of hydrogen-bond donors (Lipinski definition) is 0. The van der Waals surface area contributed by atoms with E-state index in [4.69, 9.17) is 4.74 Å². The van der Waals surface area contributed by atoms with E-state index < -0.39 is 0 Å². The summed E-state index contributed by atoms with van der Waals surface area (Å²) in [7, 11) is 0. The van der Waals surface area contributed by atoms with Gasteiger partial charge in [-0.05, 0) is 26.2 Å². The van der Waals surface area contributed by atoms with Crippen molar-refractivity contribution < 1.29 is 4.74 Å². The van der Waals surface area contributed by atoms with Crippen LogP contribution in [-0.4, -0.2) is 36.7 Å². The van der Waals surface area contributed by atoms with Gasteiger partial charge in [-0.2, -0.15) is 0 Å². The summed E-state index contributed by atoms with van der Waals surface area (Å²) in [6.45, 7) is 12.2. The lowest BCUT2D eigenvalue weighted by molar-refractivity contribution is -0.0686. The fourth-order valence-electron chi connectivity index (χ4n) is 1.47. The molecule has 0 saturated carbocycles. The third kappa shape index (κ3) is 3.65. The van der Waals surface area contributed by atoms with Crippen molar-refractivity contribution in [3.8, 4) is 0 Å². The zero-order valence-electron chi connectivity index (χ0n) is 9.42. The van der Waals surface area contributed by atoms with Gasteiger partial charge in [0.1, 0.15) is 0 Å². The highest BCUT2D eigenvalue weighted by atomic mass is 16.5. The van der Waals surface area contributed by atoms with E-state index in [1.807, 2.05) is 0 Å². The Hall–Kier alpha value is -0.0800. The molecule has 0 unspecified atom stereocenters. The lowest BCUT2D eigenvalue weighted by Gasteiger charge is -2.41. The molecule has 1 rings (SSSR count). The first kappa shape index (κ1) is 11.0. The van der Waals surface area contributed by atoms with Crippen LogP contribution >= 0.6 is 0 Å². The van der Waals surface area contributed by atoms with Crippen molar-refractivity contribution in [1.29, 1.82) is 0 Å². The van der Waals surface area contributed by atoms with Gasteiger partial charge in [0.25, 0.3) is 0 Å². The average molecular weight is 185 g/mol. The summed E-state index contributed by atoms with van der Waals surface area (Å²) in [6.07, 6.45) is 1.71. The highest BCUT2D eigenvalue weighted by Gasteiger charge is 2.28. The Morgan fingerprint density at radius 3 is 2.31 bits per heavy atom. The summed E-state index contributed by atoms with van der Waals surface area (Å²) in [5.74, 6) is 0.765. The molecule has 13 heavy (non-hydrogen) atoms. The number of likely N-dealkylation sites (tertiary alicyclic amines) is 1. The largest absolute Gasteiger partial charge is 0.376 e. The van der Waals surface area contributed by atoms with Gasteiger partial charge >= 0.3 is 0 Å². The maximum absolute atomic E-state index is 5.73. The maximum atomic E-state index is 5.73. The van der Waals surface area contributed by atoms with Crippen molar-refractivity contribution >= 4 is 0 Å². The Labute approximate surface area is 82.3 Å². The molecule has 0 N–H and O–H groups in total. The molecule has 0 radical (unpaired) electrons. The second kappa shape index (κ2) is 4.97. The number of rotatable bonds is 5. The van der Waals surface area contributed by atoms with Crippen molar-refractivity contribution in [2.24, 2.45) is 5.92 Å². The molecule has 0 aliphatic carbocycles. The van der Waals surface area contributed by atoms with E-state index in [-0.39, 0.29) is 0 Å². The summed E-state index contributed by atoms with van der Waals surface area (Å²) >= 11 is 0. The van der Waals surface area contributed by atoms with Crippen LogP contribution in [0.5, 0.6) is 0 Å². The number of hydrogen-bond acceptors (Lipinski definition) is 2. The topological polar surface area (TPSA) is 12.5 Å². The number of nitrogens with zero attached hydrogens (tertiary/aromatic N) is 1. The molecule has 0 spiro atoms. The first-order valence-electron chi connectivity index (χ1n) is 5.45. The molecule has 2 heteroatoms. The minimum absolute atomic E-state index is 0.515. The standard InChI is InChI=1S/C11H23NO/c1-9(2)5-6-13-11-7-12(8-11)10(3)4/h9-11H,5-8H2,1-4H3. The third-order valence-corrected chi connectivity index (χ3v) is 2.66. The van der Waals surface area contributed by atoms with Crippen molar-refractivity contribution in [3.63, 3.8) is 0 Å².